The van der Waals surface area contributed by atoms with E-state index < -0.39 is 6.43 Å². The fourth-order valence-electron chi connectivity index (χ4n) is 1.20. The topological polar surface area (TPSA) is 58.3 Å². The number of hydrogen-bond donors (Lipinski definition) is 3. The van der Waals surface area contributed by atoms with Crippen LogP contribution in [0.5, 0.6) is 0 Å². The van der Waals surface area contributed by atoms with Gasteiger partial charge in [-0.1, -0.05) is 0 Å². The molecule has 0 amide bonds. The van der Waals surface area contributed by atoms with Gasteiger partial charge in [-0.3, -0.25) is 0 Å². The van der Waals surface area contributed by atoms with E-state index in [1.165, 1.54) is 18.2 Å². The Hall–Kier alpha value is -1.36. The first-order valence-electron chi connectivity index (χ1n) is 4.59. The van der Waals surface area contributed by atoms with Crippen LogP contribution in [-0.2, 0) is 0 Å². The van der Waals surface area contributed by atoms with Gasteiger partial charge in [0.05, 0.1) is 6.61 Å². The Balaban J connectivity index is 2.95. The van der Waals surface area contributed by atoms with E-state index in [2.05, 4.69) is 5.32 Å². The molecule has 15 heavy (non-hydrogen) atoms. The zero-order valence-corrected chi connectivity index (χ0v) is 8.37. The molecule has 1 aromatic rings. The van der Waals surface area contributed by atoms with Crippen LogP contribution in [0.1, 0.15) is 18.9 Å². The van der Waals surface area contributed by atoms with Crippen molar-refractivity contribution in [1.82, 2.24) is 0 Å². The summed E-state index contributed by atoms with van der Waals surface area (Å²) in [4.78, 5) is 0. The third-order valence-electron chi connectivity index (χ3n) is 1.99. The lowest BCUT2D eigenvalue weighted by molar-refractivity contribution is 0.152. The van der Waals surface area contributed by atoms with Gasteiger partial charge in [-0.15, -0.1) is 0 Å². The number of anilines is 2. The molecule has 4 N–H and O–H groups in total. The second-order valence-corrected chi connectivity index (χ2v) is 3.38. The Labute approximate surface area is 86.9 Å². The van der Waals surface area contributed by atoms with Crippen molar-refractivity contribution in [2.45, 2.75) is 19.4 Å². The SMILES string of the molecule is CC(CO)Nc1ccc(N)cc1C(F)F. The molecule has 1 rings (SSSR count). The van der Waals surface area contributed by atoms with Gasteiger partial charge in [-0.25, -0.2) is 8.78 Å². The highest BCUT2D eigenvalue weighted by atomic mass is 19.3. The van der Waals surface area contributed by atoms with E-state index in [0.29, 0.717) is 11.4 Å². The number of nitrogens with two attached hydrogens (primary N) is 1. The van der Waals surface area contributed by atoms with Crippen molar-refractivity contribution in [3.63, 3.8) is 0 Å². The molecule has 3 nitrogen and oxygen atoms in total. The molecule has 0 aliphatic rings. The summed E-state index contributed by atoms with van der Waals surface area (Å²) in [5.74, 6) is 0. The Morgan fingerprint density at radius 2 is 2.13 bits per heavy atom. The highest BCUT2D eigenvalue weighted by Gasteiger charge is 2.14. The van der Waals surface area contributed by atoms with Crippen LogP contribution in [0, 0.1) is 0 Å². The fourth-order valence-corrected chi connectivity index (χ4v) is 1.20. The maximum absolute atomic E-state index is 12.6. The van der Waals surface area contributed by atoms with E-state index in [9.17, 15) is 8.78 Å². The Morgan fingerprint density at radius 1 is 1.47 bits per heavy atom. The van der Waals surface area contributed by atoms with Gasteiger partial charge in [-0.05, 0) is 25.1 Å². The molecule has 5 heteroatoms. The molecule has 0 heterocycles. The van der Waals surface area contributed by atoms with E-state index in [0.717, 1.165) is 0 Å². The number of nitrogens with one attached hydrogen (secondary N) is 1. The molecular formula is C10H14F2N2O. The van der Waals surface area contributed by atoms with Gasteiger partial charge in [0.15, 0.2) is 0 Å². The molecule has 0 spiro atoms. The zero-order chi connectivity index (χ0) is 11.4. The van der Waals surface area contributed by atoms with Crippen LogP contribution in [0.15, 0.2) is 18.2 Å². The Morgan fingerprint density at radius 3 is 2.67 bits per heavy atom. The van der Waals surface area contributed by atoms with Crippen LogP contribution in [0.25, 0.3) is 0 Å². The molecule has 0 fully saturated rings. The number of benzene rings is 1. The maximum Gasteiger partial charge on any atom is 0.265 e. The minimum absolute atomic E-state index is 0.118. The molecule has 1 aromatic carbocycles. The lowest BCUT2D eigenvalue weighted by atomic mass is 10.1. The first kappa shape index (κ1) is 11.7. The number of hydrogen-bond acceptors (Lipinski definition) is 3. The van der Waals surface area contributed by atoms with Crippen LogP contribution < -0.4 is 11.1 Å². The lowest BCUT2D eigenvalue weighted by Gasteiger charge is -2.16. The largest absolute Gasteiger partial charge is 0.399 e. The summed E-state index contributed by atoms with van der Waals surface area (Å²) in [6.45, 7) is 1.58. The van der Waals surface area contributed by atoms with Crippen molar-refractivity contribution >= 4 is 11.4 Å². The van der Waals surface area contributed by atoms with E-state index in [1.54, 1.807) is 6.92 Å². The van der Waals surface area contributed by atoms with Crippen molar-refractivity contribution in [1.29, 1.82) is 0 Å². The summed E-state index contributed by atoms with van der Waals surface area (Å²) in [5, 5.41) is 11.6. The number of halogens is 2. The van der Waals surface area contributed by atoms with Gasteiger partial charge < -0.3 is 16.2 Å². The van der Waals surface area contributed by atoms with Crippen molar-refractivity contribution < 1.29 is 13.9 Å². The van der Waals surface area contributed by atoms with Crippen LogP contribution in [0.4, 0.5) is 20.2 Å². The second kappa shape index (κ2) is 4.93. The normalized spacial score (nSPS) is 12.9. The first-order chi connectivity index (χ1) is 7.04. The van der Waals surface area contributed by atoms with Gasteiger partial charge in [0.25, 0.3) is 6.43 Å². The van der Waals surface area contributed by atoms with E-state index in [1.807, 2.05) is 0 Å². The van der Waals surface area contributed by atoms with Gasteiger partial charge in [0, 0.05) is 23.0 Å². The zero-order valence-electron chi connectivity index (χ0n) is 8.37. The summed E-state index contributed by atoms with van der Waals surface area (Å²) >= 11 is 0. The number of rotatable bonds is 4. The van der Waals surface area contributed by atoms with E-state index >= 15 is 0 Å². The molecule has 1 unspecified atom stereocenters. The molecule has 0 aliphatic carbocycles. The fraction of sp³-hybridized carbons (Fsp3) is 0.400. The average molecular weight is 216 g/mol. The van der Waals surface area contributed by atoms with Crippen molar-refractivity contribution in [3.05, 3.63) is 23.8 Å². The average Bonchev–Trinajstić information content (AvgIpc) is 2.20. The molecule has 0 aliphatic heterocycles. The third kappa shape index (κ3) is 3.06. The van der Waals surface area contributed by atoms with Gasteiger partial charge >= 0.3 is 0 Å². The predicted octanol–water partition coefficient (Wildman–Crippen LogP) is 2.00. The summed E-state index contributed by atoms with van der Waals surface area (Å²) in [7, 11) is 0. The highest BCUT2D eigenvalue weighted by Crippen LogP contribution is 2.29. The van der Waals surface area contributed by atoms with E-state index in [4.69, 9.17) is 10.8 Å². The molecule has 0 radical (unpaired) electrons. The quantitative estimate of drug-likeness (QED) is 0.675. The molecule has 0 bridgehead atoms. The highest BCUT2D eigenvalue weighted by molar-refractivity contribution is 5.59. The number of aliphatic hydroxyl groups is 1. The maximum atomic E-state index is 12.6. The molecule has 0 saturated heterocycles. The number of alkyl halides is 2. The van der Waals surface area contributed by atoms with Crippen LogP contribution in [-0.4, -0.2) is 17.8 Å². The van der Waals surface area contributed by atoms with Crippen LogP contribution in [0.3, 0.4) is 0 Å². The lowest BCUT2D eigenvalue weighted by Crippen LogP contribution is -2.20. The monoisotopic (exact) mass is 216 g/mol. The number of nitrogen functional groups attached to an aromatic ring is 1. The Bertz CT molecular complexity index is 331. The minimum Gasteiger partial charge on any atom is -0.399 e. The summed E-state index contributed by atoms with van der Waals surface area (Å²) in [6.07, 6.45) is -2.58. The predicted molar refractivity (Wildman–Crippen MR) is 56.0 cm³/mol. The van der Waals surface area contributed by atoms with Crippen molar-refractivity contribution in [2.24, 2.45) is 0 Å². The Kier molecular flexibility index (Phi) is 3.85. The molecule has 84 valence electrons. The standard InChI is InChI=1S/C10H14F2N2O/c1-6(5-15)14-9-3-2-7(13)4-8(9)10(11)12/h2-4,6,10,14-15H,5,13H2,1H3. The van der Waals surface area contributed by atoms with Crippen LogP contribution >= 0.6 is 0 Å². The first-order valence-corrected chi connectivity index (χ1v) is 4.59. The number of aliphatic hydroxyl groups excluding tert-OH is 1. The van der Waals surface area contributed by atoms with Crippen molar-refractivity contribution in [2.75, 3.05) is 17.7 Å². The van der Waals surface area contributed by atoms with E-state index in [-0.39, 0.29) is 18.2 Å². The van der Waals surface area contributed by atoms with Crippen molar-refractivity contribution in [3.8, 4) is 0 Å². The summed E-state index contributed by atoms with van der Waals surface area (Å²) in [5.41, 5.74) is 5.88. The second-order valence-electron chi connectivity index (χ2n) is 3.38. The van der Waals surface area contributed by atoms with Gasteiger partial charge in [0.2, 0.25) is 0 Å². The minimum atomic E-state index is -2.58. The van der Waals surface area contributed by atoms with Gasteiger partial charge in [0.1, 0.15) is 0 Å². The molecule has 0 aromatic heterocycles. The molecule has 0 saturated carbocycles. The smallest absolute Gasteiger partial charge is 0.265 e. The third-order valence-corrected chi connectivity index (χ3v) is 1.99. The summed E-state index contributed by atoms with van der Waals surface area (Å²) in [6, 6.07) is 3.99. The molecular weight excluding hydrogens is 202 g/mol. The summed E-state index contributed by atoms with van der Waals surface area (Å²) < 4.78 is 25.2. The van der Waals surface area contributed by atoms with Crippen LogP contribution in [0.2, 0.25) is 0 Å². The molecule has 1 atom stereocenters. The van der Waals surface area contributed by atoms with Gasteiger partial charge in [-0.2, -0.15) is 0 Å².